The summed E-state index contributed by atoms with van der Waals surface area (Å²) in [5, 5.41) is 21.5. The Bertz CT molecular complexity index is 751. The van der Waals surface area contributed by atoms with E-state index in [4.69, 9.17) is 9.47 Å². The van der Waals surface area contributed by atoms with Crippen molar-refractivity contribution < 1.29 is 29.3 Å². The van der Waals surface area contributed by atoms with Gasteiger partial charge in [-0.3, -0.25) is 9.59 Å². The highest BCUT2D eigenvalue weighted by Crippen LogP contribution is 2.65. The highest BCUT2D eigenvalue weighted by atomic mass is 16.5. The molecule has 162 valence electrons. The Hall–Kier alpha value is -1.92. The van der Waals surface area contributed by atoms with Gasteiger partial charge in [-0.2, -0.15) is 0 Å². The van der Waals surface area contributed by atoms with Crippen molar-refractivity contribution in [1.82, 2.24) is 0 Å². The van der Waals surface area contributed by atoms with Crippen molar-refractivity contribution in [2.45, 2.75) is 26.1 Å². The first-order valence-electron chi connectivity index (χ1n) is 11.1. The predicted octanol–water partition coefficient (Wildman–Crippen LogP) is 1.73. The first kappa shape index (κ1) is 20.0. The molecular formula is C24H30O6. The fraction of sp³-hybridized carbons (Fsp3) is 0.667. The van der Waals surface area contributed by atoms with Crippen LogP contribution < -0.4 is 0 Å². The Balaban J connectivity index is 1.51. The molecule has 6 nitrogen and oxygen atoms in total. The minimum Gasteiger partial charge on any atom is -0.466 e. The number of allylic oxidation sites excluding steroid dienone is 4. The van der Waals surface area contributed by atoms with Gasteiger partial charge in [0.1, 0.15) is 0 Å². The molecule has 7 rings (SSSR count). The summed E-state index contributed by atoms with van der Waals surface area (Å²) in [7, 11) is 0. The van der Waals surface area contributed by atoms with Gasteiger partial charge in [0.25, 0.3) is 0 Å². The van der Waals surface area contributed by atoms with Gasteiger partial charge in [0.15, 0.2) is 0 Å². The monoisotopic (exact) mass is 414 g/mol. The third kappa shape index (κ3) is 2.91. The summed E-state index contributed by atoms with van der Waals surface area (Å²) >= 11 is 0. The van der Waals surface area contributed by atoms with Crippen molar-refractivity contribution in [2.75, 3.05) is 13.2 Å². The highest BCUT2D eigenvalue weighted by molar-refractivity contribution is 5.66. The van der Waals surface area contributed by atoms with Crippen molar-refractivity contribution in [1.29, 1.82) is 0 Å². The van der Waals surface area contributed by atoms with Gasteiger partial charge in [0.05, 0.1) is 25.4 Å². The van der Waals surface area contributed by atoms with Crippen LogP contribution in [0.5, 0.6) is 0 Å². The summed E-state index contributed by atoms with van der Waals surface area (Å²) in [4.78, 5) is 23.1. The SMILES string of the molecule is CC(=O)OC[C@@H]1[C@H]2C=C[C@@H]([C@H]1COC(C)=O)[C@@H]1[C@@H]3C=C[C@H]([C@H]21)[C@@H]1[C@H]3[C@H](O)C=C[C@@H]1O. The molecule has 30 heavy (non-hydrogen) atoms. The molecule has 0 amide bonds. The van der Waals surface area contributed by atoms with Crippen LogP contribution in [-0.2, 0) is 19.1 Å². The molecule has 2 N–H and O–H groups in total. The molecule has 0 aromatic carbocycles. The summed E-state index contributed by atoms with van der Waals surface area (Å²) < 4.78 is 10.9. The first-order valence-corrected chi connectivity index (χ1v) is 11.1. The van der Waals surface area contributed by atoms with Crippen molar-refractivity contribution in [3.05, 3.63) is 36.5 Å². The van der Waals surface area contributed by atoms with Crippen LogP contribution in [-0.4, -0.2) is 47.6 Å². The Morgan fingerprint density at radius 1 is 0.633 bits per heavy atom. The third-order valence-electron chi connectivity index (χ3n) is 8.46. The molecule has 2 fully saturated rings. The molecule has 7 aliphatic carbocycles. The van der Waals surface area contributed by atoms with Gasteiger partial charge in [-0.15, -0.1) is 0 Å². The second-order valence-corrected chi connectivity index (χ2v) is 9.69. The largest absolute Gasteiger partial charge is 0.466 e. The van der Waals surface area contributed by atoms with E-state index in [9.17, 15) is 19.8 Å². The number of hydrogen-bond donors (Lipinski definition) is 2. The molecule has 4 bridgehead atoms. The maximum Gasteiger partial charge on any atom is 0.302 e. The molecular weight excluding hydrogens is 384 g/mol. The van der Waals surface area contributed by atoms with E-state index >= 15 is 0 Å². The maximum absolute atomic E-state index is 11.5. The summed E-state index contributed by atoms with van der Waals surface area (Å²) in [6, 6.07) is 0. The quantitative estimate of drug-likeness (QED) is 0.538. The molecule has 0 saturated heterocycles. The average Bonchev–Trinajstić information content (AvgIpc) is 2.73. The lowest BCUT2D eigenvalue weighted by Crippen LogP contribution is -2.64. The predicted molar refractivity (Wildman–Crippen MR) is 108 cm³/mol. The second-order valence-electron chi connectivity index (χ2n) is 9.69. The highest BCUT2D eigenvalue weighted by Gasteiger charge is 2.64. The van der Waals surface area contributed by atoms with Crippen LogP contribution in [0.4, 0.5) is 0 Å². The van der Waals surface area contributed by atoms with Crippen LogP contribution in [0, 0.1) is 59.2 Å². The lowest BCUT2D eigenvalue weighted by atomic mass is 9.39. The molecule has 0 aromatic rings. The van der Waals surface area contributed by atoms with Gasteiger partial charge in [0, 0.05) is 37.5 Å². The summed E-state index contributed by atoms with van der Waals surface area (Å²) in [6.45, 7) is 3.47. The first-order chi connectivity index (χ1) is 14.4. The number of aliphatic hydroxyl groups is 2. The molecule has 2 saturated carbocycles. The summed E-state index contributed by atoms with van der Waals surface area (Å²) in [6.07, 6.45) is 11.4. The fourth-order valence-corrected chi connectivity index (χ4v) is 7.57. The van der Waals surface area contributed by atoms with E-state index in [1.165, 1.54) is 13.8 Å². The van der Waals surface area contributed by atoms with Gasteiger partial charge in [-0.1, -0.05) is 36.5 Å². The van der Waals surface area contributed by atoms with Crippen LogP contribution in [0.3, 0.4) is 0 Å². The lowest BCUT2D eigenvalue weighted by Gasteiger charge is -2.65. The number of ether oxygens (including phenoxy) is 2. The molecule has 0 aromatic heterocycles. The van der Waals surface area contributed by atoms with Crippen molar-refractivity contribution in [3.63, 3.8) is 0 Å². The minimum absolute atomic E-state index is 0.00953. The van der Waals surface area contributed by atoms with Gasteiger partial charge >= 0.3 is 11.9 Å². The zero-order valence-electron chi connectivity index (χ0n) is 17.3. The van der Waals surface area contributed by atoms with Crippen LogP contribution >= 0.6 is 0 Å². The maximum atomic E-state index is 11.5. The molecule has 0 heterocycles. The summed E-state index contributed by atoms with van der Waals surface area (Å²) in [5.41, 5.74) is 0. The van der Waals surface area contributed by atoms with Crippen LogP contribution in [0.25, 0.3) is 0 Å². The van der Waals surface area contributed by atoms with E-state index in [2.05, 4.69) is 24.3 Å². The molecule has 0 radical (unpaired) electrons. The zero-order chi connectivity index (χ0) is 21.2. The van der Waals surface area contributed by atoms with E-state index in [-0.39, 0.29) is 59.3 Å². The smallest absolute Gasteiger partial charge is 0.302 e. The fourth-order valence-electron chi connectivity index (χ4n) is 7.57. The Morgan fingerprint density at radius 3 is 1.37 bits per heavy atom. The summed E-state index contributed by atoms with van der Waals surface area (Å²) in [5.74, 6) is 0.964. The lowest BCUT2D eigenvalue weighted by molar-refractivity contribution is -0.174. The van der Waals surface area contributed by atoms with E-state index in [1.807, 2.05) is 0 Å². The van der Waals surface area contributed by atoms with E-state index < -0.39 is 12.2 Å². The van der Waals surface area contributed by atoms with Crippen LogP contribution in [0.2, 0.25) is 0 Å². The molecule has 0 aliphatic heterocycles. The number of rotatable bonds is 4. The molecule has 6 heteroatoms. The van der Waals surface area contributed by atoms with E-state index in [0.717, 1.165) is 0 Å². The normalized spacial score (nSPS) is 49.5. The molecule has 12 atom stereocenters. The van der Waals surface area contributed by atoms with Crippen molar-refractivity contribution >= 4 is 11.9 Å². The standard InChI is InChI=1S/C24H30O6/c1-11(25)29-9-17-13-3-4-14(18(17)10-30-12(2)26)22-16-6-5-15(21(13)22)23-19(27)7-8-20(28)24(16)23/h3-8,13-24,27-28H,9-10H2,1-2H3/t13-,14+,15-,16+,17-,18-,19+,20-,21+,22-,23+,24-/m1/s1. The topological polar surface area (TPSA) is 93.1 Å². The van der Waals surface area contributed by atoms with Crippen LogP contribution in [0.1, 0.15) is 13.8 Å². The van der Waals surface area contributed by atoms with Gasteiger partial charge < -0.3 is 19.7 Å². The van der Waals surface area contributed by atoms with Crippen LogP contribution in [0.15, 0.2) is 36.5 Å². The van der Waals surface area contributed by atoms with E-state index in [0.29, 0.717) is 25.0 Å². The number of carbonyl (C=O) groups is 2. The number of fused-ring (bicyclic) bond motifs is 1. The zero-order valence-corrected chi connectivity index (χ0v) is 17.3. The number of carbonyl (C=O) groups excluding carboxylic acids is 2. The average molecular weight is 414 g/mol. The van der Waals surface area contributed by atoms with Gasteiger partial charge in [-0.25, -0.2) is 0 Å². The Morgan fingerprint density at radius 2 is 1.00 bits per heavy atom. The van der Waals surface area contributed by atoms with Gasteiger partial charge in [0.2, 0.25) is 0 Å². The Kier molecular flexibility index (Phi) is 4.90. The molecule has 7 aliphatic rings. The number of esters is 2. The van der Waals surface area contributed by atoms with E-state index in [1.54, 1.807) is 12.2 Å². The second kappa shape index (κ2) is 7.34. The number of hydrogen-bond acceptors (Lipinski definition) is 6. The van der Waals surface area contributed by atoms with Crippen molar-refractivity contribution in [2.24, 2.45) is 59.2 Å². The molecule has 0 spiro atoms. The number of aliphatic hydroxyl groups excluding tert-OH is 2. The van der Waals surface area contributed by atoms with Gasteiger partial charge in [-0.05, 0) is 35.5 Å². The Labute approximate surface area is 176 Å². The molecule has 0 unspecified atom stereocenters. The third-order valence-corrected chi connectivity index (χ3v) is 8.46. The van der Waals surface area contributed by atoms with Crippen molar-refractivity contribution in [3.8, 4) is 0 Å². The minimum atomic E-state index is -0.551.